The molecule has 1 rings (SSSR count). The number of carboxylic acids is 1. The Hall–Kier alpha value is -1.89. The van der Waals surface area contributed by atoms with Crippen molar-refractivity contribution in [3.05, 3.63) is 28.6 Å². The molecule has 0 radical (unpaired) electrons. The zero-order valence-electron chi connectivity index (χ0n) is 7.33. The van der Waals surface area contributed by atoms with Gasteiger partial charge in [0.15, 0.2) is 5.69 Å². The van der Waals surface area contributed by atoms with Gasteiger partial charge in [0, 0.05) is 5.69 Å². The monoisotopic (exact) mass is 176 g/mol. The lowest BCUT2D eigenvalue weighted by Gasteiger charge is -2.02. The fourth-order valence-corrected chi connectivity index (χ4v) is 1.06. The van der Waals surface area contributed by atoms with Gasteiger partial charge in [-0.2, -0.15) is 5.26 Å². The minimum absolute atomic E-state index is 0.0449. The van der Waals surface area contributed by atoms with Gasteiger partial charge in [-0.3, -0.25) is 0 Å². The van der Waals surface area contributed by atoms with Gasteiger partial charge in [-0.1, -0.05) is 0 Å². The highest BCUT2D eigenvalue weighted by molar-refractivity contribution is 5.87. The van der Waals surface area contributed by atoms with Gasteiger partial charge < -0.3 is 5.11 Å². The number of pyridine rings is 1. The first-order valence-electron chi connectivity index (χ1n) is 3.68. The molecule has 1 aromatic heterocycles. The molecule has 4 nitrogen and oxygen atoms in total. The molecule has 0 bridgehead atoms. The first-order chi connectivity index (χ1) is 6.06. The molecule has 1 heterocycles. The lowest BCUT2D eigenvalue weighted by atomic mass is 10.1. The quantitative estimate of drug-likeness (QED) is 0.699. The van der Waals surface area contributed by atoms with E-state index in [0.29, 0.717) is 16.8 Å². The highest BCUT2D eigenvalue weighted by Crippen LogP contribution is 2.12. The predicted octanol–water partition coefficient (Wildman–Crippen LogP) is 1.27. The van der Waals surface area contributed by atoms with Crippen LogP contribution in [0.15, 0.2) is 6.07 Å². The molecule has 0 aliphatic rings. The fourth-order valence-electron chi connectivity index (χ4n) is 1.06. The normalized spacial score (nSPS) is 9.31. The third-order valence-corrected chi connectivity index (χ3v) is 1.72. The number of carboxylic acid groups (broad SMARTS) is 1. The number of hydrogen-bond donors (Lipinski definition) is 1. The predicted molar refractivity (Wildman–Crippen MR) is 45.4 cm³/mol. The third-order valence-electron chi connectivity index (χ3n) is 1.72. The summed E-state index contributed by atoms with van der Waals surface area (Å²) in [4.78, 5) is 14.5. The van der Waals surface area contributed by atoms with Crippen molar-refractivity contribution in [2.75, 3.05) is 0 Å². The highest BCUT2D eigenvalue weighted by Gasteiger charge is 2.12. The summed E-state index contributed by atoms with van der Waals surface area (Å²) in [6.45, 7) is 3.24. The van der Waals surface area contributed by atoms with Gasteiger partial charge in [0.1, 0.15) is 0 Å². The fraction of sp³-hybridized carbons (Fsp3) is 0.222. The molecule has 0 unspecified atom stereocenters. The van der Waals surface area contributed by atoms with E-state index in [-0.39, 0.29) is 5.69 Å². The number of aryl methyl sites for hydroxylation is 1. The van der Waals surface area contributed by atoms with Crippen molar-refractivity contribution in [2.24, 2.45) is 0 Å². The summed E-state index contributed by atoms with van der Waals surface area (Å²) < 4.78 is 0. The Morgan fingerprint density at radius 2 is 2.23 bits per heavy atom. The van der Waals surface area contributed by atoms with E-state index in [1.165, 1.54) is 0 Å². The first-order valence-corrected chi connectivity index (χ1v) is 3.68. The van der Waals surface area contributed by atoms with Crippen LogP contribution in [0.5, 0.6) is 0 Å². The van der Waals surface area contributed by atoms with Crippen LogP contribution in [0.3, 0.4) is 0 Å². The van der Waals surface area contributed by atoms with Crippen LogP contribution in [-0.4, -0.2) is 16.1 Å². The topological polar surface area (TPSA) is 74.0 Å². The molecule has 0 amide bonds. The number of rotatable bonds is 1. The Labute approximate surface area is 75.5 Å². The van der Waals surface area contributed by atoms with Gasteiger partial charge in [0.2, 0.25) is 0 Å². The van der Waals surface area contributed by atoms with E-state index in [9.17, 15) is 4.79 Å². The van der Waals surface area contributed by atoms with Gasteiger partial charge in [0.25, 0.3) is 0 Å². The molecule has 66 valence electrons. The van der Waals surface area contributed by atoms with E-state index in [2.05, 4.69) is 4.98 Å². The first kappa shape index (κ1) is 9.20. The van der Waals surface area contributed by atoms with Crippen LogP contribution in [0.4, 0.5) is 0 Å². The molecule has 0 aliphatic carbocycles. The van der Waals surface area contributed by atoms with Crippen molar-refractivity contribution in [1.29, 1.82) is 5.26 Å². The van der Waals surface area contributed by atoms with Gasteiger partial charge >= 0.3 is 5.97 Å². The van der Waals surface area contributed by atoms with Crippen LogP contribution in [0.25, 0.3) is 0 Å². The molecule has 0 atom stereocenters. The van der Waals surface area contributed by atoms with Crippen molar-refractivity contribution < 1.29 is 9.90 Å². The highest BCUT2D eigenvalue weighted by atomic mass is 16.4. The summed E-state index contributed by atoms with van der Waals surface area (Å²) in [5, 5.41) is 17.4. The number of nitrogens with zero attached hydrogens (tertiary/aromatic N) is 2. The maximum Gasteiger partial charge on any atom is 0.354 e. The second kappa shape index (κ2) is 3.23. The standard InChI is InChI=1S/C9H8N2O2/c1-5-3-7(4-10)6(2)8(11-5)9(12)13/h3H,1-2H3,(H,12,13). The Kier molecular flexibility index (Phi) is 2.29. The molecule has 0 fully saturated rings. The van der Waals surface area contributed by atoms with Crippen molar-refractivity contribution in [3.63, 3.8) is 0 Å². The van der Waals surface area contributed by atoms with Crippen molar-refractivity contribution >= 4 is 5.97 Å². The zero-order valence-corrected chi connectivity index (χ0v) is 7.33. The van der Waals surface area contributed by atoms with Crippen LogP contribution in [0.1, 0.15) is 27.3 Å². The lowest BCUT2D eigenvalue weighted by molar-refractivity contribution is 0.0689. The largest absolute Gasteiger partial charge is 0.477 e. The van der Waals surface area contributed by atoms with Crippen molar-refractivity contribution in [2.45, 2.75) is 13.8 Å². The summed E-state index contributed by atoms with van der Waals surface area (Å²) in [5.41, 5.74) is 1.28. The summed E-state index contributed by atoms with van der Waals surface area (Å²) in [6, 6.07) is 3.50. The van der Waals surface area contributed by atoms with Crippen LogP contribution in [0.2, 0.25) is 0 Å². The summed E-state index contributed by atoms with van der Waals surface area (Å²) >= 11 is 0. The van der Waals surface area contributed by atoms with E-state index in [4.69, 9.17) is 10.4 Å². The molecule has 0 saturated carbocycles. The van der Waals surface area contributed by atoms with Crippen molar-refractivity contribution in [3.8, 4) is 6.07 Å². The maximum absolute atomic E-state index is 10.7. The van der Waals surface area contributed by atoms with Crippen LogP contribution < -0.4 is 0 Å². The minimum Gasteiger partial charge on any atom is -0.477 e. The lowest BCUT2D eigenvalue weighted by Crippen LogP contribution is -2.06. The molecule has 1 N–H and O–H groups in total. The van der Waals surface area contributed by atoms with Crippen molar-refractivity contribution in [1.82, 2.24) is 4.98 Å². The van der Waals surface area contributed by atoms with Gasteiger partial charge in [-0.25, -0.2) is 9.78 Å². The molecule has 13 heavy (non-hydrogen) atoms. The smallest absolute Gasteiger partial charge is 0.354 e. The molecular formula is C9H8N2O2. The maximum atomic E-state index is 10.7. The molecule has 0 spiro atoms. The van der Waals surface area contributed by atoms with Crippen LogP contribution in [-0.2, 0) is 0 Å². The second-order valence-electron chi connectivity index (χ2n) is 2.70. The third kappa shape index (κ3) is 1.64. The molecule has 4 heteroatoms. The number of hydrogen-bond acceptors (Lipinski definition) is 3. The zero-order chi connectivity index (χ0) is 10.0. The van der Waals surface area contributed by atoms with Crippen LogP contribution >= 0.6 is 0 Å². The molecule has 0 saturated heterocycles. The van der Waals surface area contributed by atoms with E-state index in [1.807, 2.05) is 6.07 Å². The summed E-state index contributed by atoms with van der Waals surface area (Å²) in [6.07, 6.45) is 0. The van der Waals surface area contributed by atoms with Gasteiger partial charge in [0.05, 0.1) is 11.6 Å². The number of aromatic nitrogens is 1. The minimum atomic E-state index is -1.10. The van der Waals surface area contributed by atoms with E-state index in [1.54, 1.807) is 19.9 Å². The molecular weight excluding hydrogens is 168 g/mol. The van der Waals surface area contributed by atoms with E-state index >= 15 is 0 Å². The second-order valence-corrected chi connectivity index (χ2v) is 2.70. The number of nitriles is 1. The Morgan fingerprint density at radius 3 is 2.69 bits per heavy atom. The average Bonchev–Trinajstić information content (AvgIpc) is 2.08. The molecule has 1 aromatic rings. The summed E-state index contributed by atoms with van der Waals surface area (Å²) in [5.74, 6) is -1.10. The number of aromatic carboxylic acids is 1. The molecule has 0 aromatic carbocycles. The van der Waals surface area contributed by atoms with E-state index in [0.717, 1.165) is 0 Å². The summed E-state index contributed by atoms with van der Waals surface area (Å²) in [7, 11) is 0. The molecule has 0 aliphatic heterocycles. The van der Waals surface area contributed by atoms with Gasteiger partial charge in [-0.05, 0) is 25.5 Å². The van der Waals surface area contributed by atoms with Gasteiger partial charge in [-0.15, -0.1) is 0 Å². The number of carbonyl (C=O) groups is 1. The van der Waals surface area contributed by atoms with E-state index < -0.39 is 5.97 Å². The SMILES string of the molecule is Cc1cc(C#N)c(C)c(C(=O)O)n1. The van der Waals surface area contributed by atoms with Crippen LogP contribution in [0, 0.1) is 25.2 Å². The Balaban J connectivity index is 3.47. The Bertz CT molecular complexity index is 405. The average molecular weight is 176 g/mol. The Morgan fingerprint density at radius 1 is 1.62 bits per heavy atom.